The smallest absolute Gasteiger partial charge is 0.225 e. The lowest BCUT2D eigenvalue weighted by Crippen LogP contribution is -2.48. The van der Waals surface area contributed by atoms with E-state index < -0.39 is 0 Å². The highest BCUT2D eigenvalue weighted by atomic mass is 32.2. The fraction of sp³-hybridized carbons (Fsp3) is 0.882. The van der Waals surface area contributed by atoms with Crippen molar-refractivity contribution in [3.05, 3.63) is 0 Å². The number of thioether (sulfide) groups is 1. The van der Waals surface area contributed by atoms with E-state index in [-0.39, 0.29) is 17.7 Å². The van der Waals surface area contributed by atoms with Gasteiger partial charge in [0.25, 0.3) is 0 Å². The van der Waals surface area contributed by atoms with Gasteiger partial charge < -0.3 is 10.2 Å². The highest BCUT2D eigenvalue weighted by molar-refractivity contribution is 7.99. The molecule has 1 aliphatic heterocycles. The first-order valence-electron chi connectivity index (χ1n) is 8.71. The van der Waals surface area contributed by atoms with Crippen LogP contribution in [0, 0.1) is 5.92 Å². The molecule has 2 rings (SSSR count). The molecule has 0 aromatic heterocycles. The fourth-order valence-corrected chi connectivity index (χ4v) is 3.75. The summed E-state index contributed by atoms with van der Waals surface area (Å²) in [5.74, 6) is 0.364. The van der Waals surface area contributed by atoms with Crippen LogP contribution in [0.25, 0.3) is 0 Å². The van der Waals surface area contributed by atoms with Gasteiger partial charge in [-0.05, 0) is 31.9 Å². The van der Waals surface area contributed by atoms with Gasteiger partial charge in [-0.25, -0.2) is 0 Å². The Morgan fingerprint density at radius 2 is 1.91 bits per heavy atom. The van der Waals surface area contributed by atoms with Crippen molar-refractivity contribution in [3.63, 3.8) is 0 Å². The molecule has 1 N–H and O–H groups in total. The molecule has 0 bridgehead atoms. The lowest BCUT2D eigenvalue weighted by Gasteiger charge is -2.34. The van der Waals surface area contributed by atoms with Crippen molar-refractivity contribution in [3.8, 4) is 0 Å². The summed E-state index contributed by atoms with van der Waals surface area (Å²) < 4.78 is 0. The van der Waals surface area contributed by atoms with E-state index in [4.69, 9.17) is 0 Å². The second-order valence-electron chi connectivity index (χ2n) is 6.77. The predicted octanol–water partition coefficient (Wildman–Crippen LogP) is 2.82. The van der Waals surface area contributed by atoms with E-state index in [0.717, 1.165) is 32.2 Å². The Balaban J connectivity index is 1.81. The lowest BCUT2D eigenvalue weighted by atomic mass is 9.93. The monoisotopic (exact) mass is 326 g/mol. The number of rotatable bonds is 5. The van der Waals surface area contributed by atoms with Crippen molar-refractivity contribution in [2.75, 3.05) is 19.3 Å². The van der Waals surface area contributed by atoms with Gasteiger partial charge in [-0.2, -0.15) is 11.8 Å². The number of piperidine rings is 1. The molecule has 126 valence electrons. The third kappa shape index (κ3) is 5.18. The summed E-state index contributed by atoms with van der Waals surface area (Å²) in [6, 6.07) is 0.365. The zero-order valence-electron chi connectivity index (χ0n) is 14.0. The third-order valence-electron chi connectivity index (χ3n) is 4.96. The molecular formula is C17H30N2O2S. The van der Waals surface area contributed by atoms with Crippen LogP contribution in [0.2, 0.25) is 0 Å². The average molecular weight is 327 g/mol. The molecule has 0 unspecified atom stereocenters. The van der Waals surface area contributed by atoms with E-state index in [0.29, 0.717) is 24.3 Å². The molecule has 1 heterocycles. The zero-order valence-corrected chi connectivity index (χ0v) is 14.8. The summed E-state index contributed by atoms with van der Waals surface area (Å²) in [7, 11) is 0. The molecule has 0 spiro atoms. The van der Waals surface area contributed by atoms with Gasteiger partial charge in [0.2, 0.25) is 11.8 Å². The minimum absolute atomic E-state index is 0.00999. The maximum atomic E-state index is 12.5. The number of hydrogen-bond acceptors (Lipinski definition) is 3. The van der Waals surface area contributed by atoms with E-state index in [1.165, 1.54) is 19.3 Å². The molecule has 2 aliphatic rings. The molecule has 1 aliphatic carbocycles. The Morgan fingerprint density at radius 3 is 2.59 bits per heavy atom. The van der Waals surface area contributed by atoms with Gasteiger partial charge in [0.05, 0.1) is 5.92 Å². The molecule has 5 heteroatoms. The number of carbonyl (C=O) groups is 2. The second-order valence-corrected chi connectivity index (χ2v) is 8.05. The van der Waals surface area contributed by atoms with E-state index in [2.05, 4.69) is 12.2 Å². The van der Waals surface area contributed by atoms with Crippen LogP contribution in [0.5, 0.6) is 0 Å². The summed E-state index contributed by atoms with van der Waals surface area (Å²) in [5, 5.41) is 3.57. The van der Waals surface area contributed by atoms with E-state index >= 15 is 0 Å². The fourth-order valence-electron chi connectivity index (χ4n) is 3.44. The van der Waals surface area contributed by atoms with Crippen LogP contribution in [-0.2, 0) is 9.59 Å². The van der Waals surface area contributed by atoms with Crippen LogP contribution in [-0.4, -0.2) is 47.4 Å². The third-order valence-corrected chi connectivity index (χ3v) is 5.93. The normalized spacial score (nSPS) is 24.8. The number of amides is 2. The summed E-state index contributed by atoms with van der Waals surface area (Å²) in [6.07, 6.45) is 10.5. The number of likely N-dealkylation sites (tertiary alicyclic amines) is 1. The molecule has 0 aromatic rings. The minimum atomic E-state index is -0.00999. The Morgan fingerprint density at radius 1 is 1.18 bits per heavy atom. The number of nitrogens with one attached hydrogen (secondary N) is 1. The van der Waals surface area contributed by atoms with Crippen molar-refractivity contribution in [1.82, 2.24) is 10.2 Å². The van der Waals surface area contributed by atoms with Gasteiger partial charge in [0.15, 0.2) is 0 Å². The van der Waals surface area contributed by atoms with Gasteiger partial charge in [-0.1, -0.05) is 26.2 Å². The van der Waals surface area contributed by atoms with Crippen LogP contribution in [0.3, 0.4) is 0 Å². The summed E-state index contributed by atoms with van der Waals surface area (Å²) in [4.78, 5) is 26.7. The van der Waals surface area contributed by atoms with Crippen LogP contribution < -0.4 is 5.32 Å². The topological polar surface area (TPSA) is 49.4 Å². The maximum absolute atomic E-state index is 12.5. The summed E-state index contributed by atoms with van der Waals surface area (Å²) in [6.45, 7) is 3.51. The molecule has 4 nitrogen and oxygen atoms in total. The van der Waals surface area contributed by atoms with Crippen molar-refractivity contribution < 1.29 is 9.59 Å². The molecule has 2 amide bonds. The van der Waals surface area contributed by atoms with Gasteiger partial charge in [-0.15, -0.1) is 0 Å². The standard InChI is InChI=1S/C17H30N2O2S/c1-13(22-2)11-16(20)19-10-6-7-14(12-19)17(21)18-15-8-4-3-5-9-15/h13-15H,3-12H2,1-2H3,(H,18,21)/t13-,14+/m1/s1. The molecule has 0 radical (unpaired) electrons. The molecule has 0 aromatic carbocycles. The number of nitrogens with zero attached hydrogens (tertiary/aromatic N) is 1. The van der Waals surface area contributed by atoms with Gasteiger partial charge in [-0.3, -0.25) is 9.59 Å². The largest absolute Gasteiger partial charge is 0.353 e. The molecule has 22 heavy (non-hydrogen) atoms. The van der Waals surface area contributed by atoms with E-state index in [1.54, 1.807) is 11.8 Å². The minimum Gasteiger partial charge on any atom is -0.353 e. The Labute approximate surface area is 138 Å². The van der Waals surface area contributed by atoms with Crippen LogP contribution >= 0.6 is 11.8 Å². The number of hydrogen-bond donors (Lipinski definition) is 1. The SMILES string of the molecule is CS[C@H](C)CC(=O)N1CCC[C@H](C(=O)NC2CCCCC2)C1. The van der Waals surface area contributed by atoms with Gasteiger partial charge in [0, 0.05) is 30.8 Å². The van der Waals surface area contributed by atoms with Gasteiger partial charge in [0.1, 0.15) is 0 Å². The average Bonchev–Trinajstić information content (AvgIpc) is 2.55. The zero-order chi connectivity index (χ0) is 15.9. The maximum Gasteiger partial charge on any atom is 0.225 e. The van der Waals surface area contributed by atoms with Crippen LogP contribution in [0.4, 0.5) is 0 Å². The van der Waals surface area contributed by atoms with Crippen molar-refractivity contribution in [2.24, 2.45) is 5.92 Å². The van der Waals surface area contributed by atoms with Crippen molar-refractivity contribution >= 4 is 23.6 Å². The summed E-state index contributed by atoms with van der Waals surface area (Å²) in [5.41, 5.74) is 0. The molecule has 2 fully saturated rings. The highest BCUT2D eigenvalue weighted by Gasteiger charge is 2.30. The van der Waals surface area contributed by atoms with Gasteiger partial charge >= 0.3 is 0 Å². The van der Waals surface area contributed by atoms with Crippen LogP contribution in [0.15, 0.2) is 0 Å². The Bertz CT molecular complexity index is 383. The van der Waals surface area contributed by atoms with E-state index in [1.807, 2.05) is 11.2 Å². The molecule has 2 atom stereocenters. The first kappa shape index (κ1) is 17.6. The van der Waals surface area contributed by atoms with Crippen molar-refractivity contribution in [1.29, 1.82) is 0 Å². The first-order chi connectivity index (χ1) is 10.6. The Hall–Kier alpha value is -0.710. The Kier molecular flexibility index (Phi) is 7.06. The first-order valence-corrected chi connectivity index (χ1v) is 10.00. The van der Waals surface area contributed by atoms with Crippen LogP contribution in [0.1, 0.15) is 58.3 Å². The summed E-state index contributed by atoms with van der Waals surface area (Å²) >= 11 is 1.72. The number of carbonyl (C=O) groups excluding carboxylic acids is 2. The van der Waals surface area contributed by atoms with Crippen molar-refractivity contribution in [2.45, 2.75) is 69.6 Å². The molecular weight excluding hydrogens is 296 g/mol. The lowest BCUT2D eigenvalue weighted by molar-refractivity contribution is -0.135. The molecule has 1 saturated heterocycles. The van der Waals surface area contributed by atoms with E-state index in [9.17, 15) is 9.59 Å². The highest BCUT2D eigenvalue weighted by Crippen LogP contribution is 2.22. The quantitative estimate of drug-likeness (QED) is 0.845. The molecule has 1 saturated carbocycles. The second kappa shape index (κ2) is 8.80. The predicted molar refractivity (Wildman–Crippen MR) is 91.9 cm³/mol.